The van der Waals surface area contributed by atoms with Crippen LogP contribution < -0.4 is 15.4 Å². The summed E-state index contributed by atoms with van der Waals surface area (Å²) in [4.78, 5) is 27.9. The maximum Gasteiger partial charge on any atom is 0.225 e. The molecule has 142 valence electrons. The van der Waals surface area contributed by atoms with Gasteiger partial charge in [-0.1, -0.05) is 19.3 Å². The van der Waals surface area contributed by atoms with Crippen LogP contribution in [-0.4, -0.2) is 29.9 Å². The van der Waals surface area contributed by atoms with Crippen molar-refractivity contribution in [2.45, 2.75) is 57.8 Å². The Kier molecular flexibility index (Phi) is 6.86. The van der Waals surface area contributed by atoms with Gasteiger partial charge >= 0.3 is 0 Å². The minimum Gasteiger partial charge on any atom is -0.489 e. The molecule has 0 spiro atoms. The first-order valence-electron chi connectivity index (χ1n) is 9.88. The molecule has 1 heterocycles. The number of nitrogens with one attached hydrogen (secondary N) is 2. The number of aromatic nitrogens is 1. The van der Waals surface area contributed by atoms with Crippen molar-refractivity contribution in [1.29, 1.82) is 0 Å². The molecule has 0 unspecified atom stereocenters. The molecule has 1 aromatic rings. The van der Waals surface area contributed by atoms with Crippen molar-refractivity contribution >= 4 is 17.6 Å². The number of pyridine rings is 1. The summed E-state index contributed by atoms with van der Waals surface area (Å²) < 4.78 is 5.93. The van der Waals surface area contributed by atoms with Crippen molar-refractivity contribution in [1.82, 2.24) is 10.3 Å². The maximum atomic E-state index is 12.1. The average molecular weight is 359 g/mol. The lowest BCUT2D eigenvalue weighted by molar-refractivity contribution is -0.122. The van der Waals surface area contributed by atoms with E-state index in [0.29, 0.717) is 43.5 Å². The largest absolute Gasteiger partial charge is 0.489 e. The Hall–Kier alpha value is -2.11. The summed E-state index contributed by atoms with van der Waals surface area (Å²) in [6.07, 6.45) is 10.9. The second-order valence-electron chi connectivity index (χ2n) is 7.38. The Morgan fingerprint density at radius 3 is 2.73 bits per heavy atom. The molecule has 6 heteroatoms. The lowest BCUT2D eigenvalue weighted by Crippen LogP contribution is -2.26. The Morgan fingerprint density at radius 2 is 1.96 bits per heavy atom. The quantitative estimate of drug-likeness (QED) is 0.663. The Labute approximate surface area is 155 Å². The third-order valence-electron chi connectivity index (χ3n) is 5.06. The molecule has 0 aromatic carbocycles. The van der Waals surface area contributed by atoms with Crippen molar-refractivity contribution in [3.8, 4) is 5.75 Å². The van der Waals surface area contributed by atoms with Crippen LogP contribution in [0.3, 0.4) is 0 Å². The summed E-state index contributed by atoms with van der Waals surface area (Å²) in [7, 11) is 0. The summed E-state index contributed by atoms with van der Waals surface area (Å²) in [6, 6.07) is 3.67. The molecule has 0 radical (unpaired) electrons. The molecule has 2 amide bonds. The van der Waals surface area contributed by atoms with E-state index >= 15 is 0 Å². The minimum absolute atomic E-state index is 0.105. The molecule has 2 aliphatic rings. The predicted molar refractivity (Wildman–Crippen MR) is 99.9 cm³/mol. The van der Waals surface area contributed by atoms with Gasteiger partial charge in [0.25, 0.3) is 0 Å². The zero-order chi connectivity index (χ0) is 18.2. The lowest BCUT2D eigenvalue weighted by atomic mass is 9.90. The van der Waals surface area contributed by atoms with Crippen LogP contribution in [0, 0.1) is 11.8 Å². The minimum atomic E-state index is -0.105. The van der Waals surface area contributed by atoms with Crippen LogP contribution in [0.15, 0.2) is 18.3 Å². The first-order valence-corrected chi connectivity index (χ1v) is 9.88. The third kappa shape index (κ3) is 6.00. The number of nitrogens with zero attached hydrogens (tertiary/aromatic N) is 1. The zero-order valence-electron chi connectivity index (χ0n) is 15.3. The van der Waals surface area contributed by atoms with Gasteiger partial charge in [-0.15, -0.1) is 0 Å². The first-order chi connectivity index (χ1) is 12.7. The van der Waals surface area contributed by atoms with E-state index in [-0.39, 0.29) is 17.7 Å². The summed E-state index contributed by atoms with van der Waals surface area (Å²) in [5.74, 6) is 1.94. The lowest BCUT2D eigenvalue weighted by Gasteiger charge is -2.22. The molecule has 0 atom stereocenters. The topological polar surface area (TPSA) is 80.3 Å². The molecule has 0 bridgehead atoms. The summed E-state index contributed by atoms with van der Waals surface area (Å²) in [5.41, 5.74) is 0. The van der Waals surface area contributed by atoms with Crippen LogP contribution in [0.1, 0.15) is 57.8 Å². The highest BCUT2D eigenvalue weighted by atomic mass is 16.5. The molecule has 2 aliphatic carbocycles. The molecular weight excluding hydrogens is 330 g/mol. The zero-order valence-corrected chi connectivity index (χ0v) is 15.3. The van der Waals surface area contributed by atoms with Gasteiger partial charge in [0.05, 0.1) is 6.61 Å². The SMILES string of the molecule is O=C(CCCNC(=O)C1CC1)Nc1ncccc1OCC1CCCCC1. The van der Waals surface area contributed by atoms with Gasteiger partial charge in [0.2, 0.25) is 11.8 Å². The van der Waals surface area contributed by atoms with Crippen LogP contribution in [0.25, 0.3) is 0 Å². The van der Waals surface area contributed by atoms with Crippen molar-refractivity contribution in [3.05, 3.63) is 18.3 Å². The van der Waals surface area contributed by atoms with Gasteiger partial charge in [-0.2, -0.15) is 0 Å². The van der Waals surface area contributed by atoms with E-state index in [9.17, 15) is 9.59 Å². The van der Waals surface area contributed by atoms with E-state index in [2.05, 4.69) is 15.6 Å². The van der Waals surface area contributed by atoms with Crippen LogP contribution >= 0.6 is 0 Å². The Bertz CT molecular complexity index is 610. The van der Waals surface area contributed by atoms with E-state index in [1.165, 1.54) is 32.1 Å². The number of anilines is 1. The highest BCUT2D eigenvalue weighted by Gasteiger charge is 2.29. The van der Waals surface area contributed by atoms with Crippen LogP contribution in [0.5, 0.6) is 5.75 Å². The van der Waals surface area contributed by atoms with Crippen molar-refractivity contribution in [2.24, 2.45) is 11.8 Å². The Morgan fingerprint density at radius 1 is 1.15 bits per heavy atom. The van der Waals surface area contributed by atoms with Gasteiger partial charge in [0.1, 0.15) is 0 Å². The second kappa shape index (κ2) is 9.55. The van der Waals surface area contributed by atoms with Crippen LogP contribution in [0.4, 0.5) is 5.82 Å². The fraction of sp³-hybridized carbons (Fsp3) is 0.650. The van der Waals surface area contributed by atoms with Gasteiger partial charge in [0.15, 0.2) is 11.6 Å². The molecule has 2 saturated carbocycles. The van der Waals surface area contributed by atoms with Gasteiger partial charge in [-0.05, 0) is 50.2 Å². The molecule has 26 heavy (non-hydrogen) atoms. The molecule has 2 N–H and O–H groups in total. The monoisotopic (exact) mass is 359 g/mol. The average Bonchev–Trinajstić information content (AvgIpc) is 3.50. The van der Waals surface area contributed by atoms with Gasteiger partial charge < -0.3 is 15.4 Å². The normalized spacial score (nSPS) is 17.5. The summed E-state index contributed by atoms with van der Waals surface area (Å²) in [5, 5.41) is 5.71. The third-order valence-corrected chi connectivity index (χ3v) is 5.06. The number of carbonyl (C=O) groups excluding carboxylic acids is 2. The number of ether oxygens (including phenoxy) is 1. The number of rotatable bonds is 9. The predicted octanol–water partition coefficient (Wildman–Crippen LogP) is 3.29. The maximum absolute atomic E-state index is 12.1. The van der Waals surface area contributed by atoms with E-state index in [4.69, 9.17) is 4.74 Å². The molecular formula is C20H29N3O3. The van der Waals surface area contributed by atoms with E-state index in [1.807, 2.05) is 12.1 Å². The van der Waals surface area contributed by atoms with Crippen molar-refractivity contribution < 1.29 is 14.3 Å². The number of hydrogen-bond donors (Lipinski definition) is 2. The number of carbonyl (C=O) groups is 2. The molecule has 0 saturated heterocycles. The molecule has 1 aromatic heterocycles. The number of amides is 2. The molecule has 6 nitrogen and oxygen atoms in total. The number of hydrogen-bond acceptors (Lipinski definition) is 4. The molecule has 3 rings (SSSR count). The molecule has 2 fully saturated rings. The van der Waals surface area contributed by atoms with Crippen molar-refractivity contribution in [3.63, 3.8) is 0 Å². The molecule has 0 aliphatic heterocycles. The standard InChI is InChI=1S/C20H29N3O3/c24-18(9-5-13-22-20(25)16-10-11-16)23-19-17(8-4-12-21-19)26-14-15-6-2-1-3-7-15/h4,8,12,15-16H,1-3,5-7,9-11,13-14H2,(H,22,25)(H,21,23,24). The van der Waals surface area contributed by atoms with E-state index < -0.39 is 0 Å². The van der Waals surface area contributed by atoms with Gasteiger partial charge in [-0.25, -0.2) is 4.98 Å². The fourth-order valence-corrected chi connectivity index (χ4v) is 3.31. The Balaban J connectivity index is 1.39. The van der Waals surface area contributed by atoms with Crippen LogP contribution in [-0.2, 0) is 9.59 Å². The summed E-state index contributed by atoms with van der Waals surface area (Å²) >= 11 is 0. The van der Waals surface area contributed by atoms with Crippen molar-refractivity contribution in [2.75, 3.05) is 18.5 Å². The van der Waals surface area contributed by atoms with Crippen LogP contribution in [0.2, 0.25) is 0 Å². The highest BCUT2D eigenvalue weighted by Crippen LogP contribution is 2.29. The summed E-state index contributed by atoms with van der Waals surface area (Å²) in [6.45, 7) is 1.22. The van der Waals surface area contributed by atoms with Gasteiger partial charge in [-0.3, -0.25) is 9.59 Å². The smallest absolute Gasteiger partial charge is 0.225 e. The van der Waals surface area contributed by atoms with E-state index in [0.717, 1.165) is 12.8 Å². The van der Waals surface area contributed by atoms with Gasteiger partial charge in [0, 0.05) is 25.1 Å². The van der Waals surface area contributed by atoms with E-state index in [1.54, 1.807) is 6.20 Å². The fourth-order valence-electron chi connectivity index (χ4n) is 3.31. The second-order valence-corrected chi connectivity index (χ2v) is 7.38. The first kappa shape index (κ1) is 18.7. The highest BCUT2D eigenvalue weighted by molar-refractivity contribution is 5.91.